The van der Waals surface area contributed by atoms with Crippen LogP contribution in [0.2, 0.25) is 0 Å². The van der Waals surface area contributed by atoms with E-state index in [-0.39, 0.29) is 11.8 Å². The van der Waals surface area contributed by atoms with Crippen LogP contribution in [0.4, 0.5) is 14.9 Å². The first-order valence-electron chi connectivity index (χ1n) is 7.69. The molecular weight excluding hydrogens is 305 g/mol. The van der Waals surface area contributed by atoms with Gasteiger partial charge in [0.1, 0.15) is 5.82 Å². The minimum atomic E-state index is -0.254. The van der Waals surface area contributed by atoms with Gasteiger partial charge in [-0.15, -0.1) is 0 Å². The fourth-order valence-corrected chi connectivity index (χ4v) is 2.42. The summed E-state index contributed by atoms with van der Waals surface area (Å²) in [7, 11) is 0. The molecule has 0 aliphatic heterocycles. The number of benzene rings is 2. The van der Waals surface area contributed by atoms with Crippen LogP contribution < -0.4 is 10.6 Å². The first kappa shape index (κ1) is 15.8. The van der Waals surface area contributed by atoms with Gasteiger partial charge in [0.05, 0.1) is 6.54 Å². The lowest BCUT2D eigenvalue weighted by Gasteiger charge is -2.11. The third kappa shape index (κ3) is 4.23. The zero-order valence-corrected chi connectivity index (χ0v) is 13.1. The molecule has 3 rings (SSSR count). The van der Waals surface area contributed by atoms with Crippen molar-refractivity contribution in [3.05, 3.63) is 90.0 Å². The number of carbonyl (C=O) groups excluding carboxylic acids is 1. The number of rotatable bonds is 5. The van der Waals surface area contributed by atoms with Crippen LogP contribution in [0.5, 0.6) is 0 Å². The zero-order valence-electron chi connectivity index (χ0n) is 13.1. The number of aromatic nitrogens is 1. The Balaban J connectivity index is 1.57. The van der Waals surface area contributed by atoms with Crippen LogP contribution in [0, 0.1) is 5.82 Å². The maximum atomic E-state index is 13.0. The van der Waals surface area contributed by atoms with Crippen LogP contribution in [0.1, 0.15) is 11.3 Å². The predicted molar refractivity (Wildman–Crippen MR) is 92.2 cm³/mol. The quantitative estimate of drug-likeness (QED) is 0.732. The first-order chi connectivity index (χ1) is 11.7. The van der Waals surface area contributed by atoms with Gasteiger partial charge in [-0.1, -0.05) is 30.3 Å². The molecule has 0 saturated heterocycles. The molecule has 0 saturated carbocycles. The number of hydrogen-bond donors (Lipinski definition) is 2. The summed E-state index contributed by atoms with van der Waals surface area (Å²) in [5.74, 6) is -0.245. The van der Waals surface area contributed by atoms with E-state index in [1.807, 2.05) is 53.2 Å². The third-order valence-corrected chi connectivity index (χ3v) is 3.65. The van der Waals surface area contributed by atoms with Crippen molar-refractivity contribution in [3.63, 3.8) is 0 Å². The fraction of sp³-hybridized carbons (Fsp3) is 0.105. The van der Waals surface area contributed by atoms with Crippen molar-refractivity contribution in [1.29, 1.82) is 0 Å². The van der Waals surface area contributed by atoms with E-state index in [1.165, 1.54) is 12.1 Å². The Morgan fingerprint density at radius 2 is 1.71 bits per heavy atom. The highest BCUT2D eigenvalue weighted by atomic mass is 19.1. The summed E-state index contributed by atoms with van der Waals surface area (Å²) in [5.41, 5.74) is 2.72. The zero-order chi connectivity index (χ0) is 16.8. The number of amides is 2. The summed E-state index contributed by atoms with van der Waals surface area (Å²) in [6.07, 6.45) is 1.94. The van der Waals surface area contributed by atoms with Gasteiger partial charge >= 0.3 is 6.03 Å². The standard InChI is InChI=1S/C19H18FN3O/c20-16-10-8-15(9-11-16)14-23-12-4-7-18(23)13-21-19(24)22-17-5-2-1-3-6-17/h1-12H,13-14H2,(H2,21,22,24). The smallest absolute Gasteiger partial charge is 0.319 e. The lowest BCUT2D eigenvalue weighted by atomic mass is 10.2. The van der Waals surface area contributed by atoms with Gasteiger partial charge in [0, 0.05) is 24.1 Å². The number of halogens is 1. The number of para-hydroxylation sites is 1. The molecule has 2 N–H and O–H groups in total. The Morgan fingerprint density at radius 1 is 0.958 bits per heavy atom. The van der Waals surface area contributed by atoms with Gasteiger partial charge in [-0.3, -0.25) is 0 Å². The molecule has 0 atom stereocenters. The second-order valence-corrected chi connectivity index (χ2v) is 5.43. The average Bonchev–Trinajstić information content (AvgIpc) is 3.03. The Labute approximate surface area is 139 Å². The topological polar surface area (TPSA) is 46.1 Å². The highest BCUT2D eigenvalue weighted by Crippen LogP contribution is 2.09. The molecule has 1 aromatic heterocycles. The van der Waals surface area contributed by atoms with Crippen LogP contribution in [-0.4, -0.2) is 10.6 Å². The highest BCUT2D eigenvalue weighted by molar-refractivity contribution is 5.89. The van der Waals surface area contributed by atoms with E-state index >= 15 is 0 Å². The van der Waals surface area contributed by atoms with Crippen molar-refractivity contribution < 1.29 is 9.18 Å². The Hall–Kier alpha value is -3.08. The fourth-order valence-electron chi connectivity index (χ4n) is 2.42. The summed E-state index contributed by atoms with van der Waals surface area (Å²) in [4.78, 5) is 11.9. The minimum Gasteiger partial charge on any atom is -0.345 e. The number of urea groups is 1. The number of anilines is 1. The van der Waals surface area contributed by atoms with E-state index in [0.29, 0.717) is 13.1 Å². The summed E-state index contributed by atoms with van der Waals surface area (Å²) in [6, 6.07) is 19.3. The van der Waals surface area contributed by atoms with Crippen LogP contribution in [0.25, 0.3) is 0 Å². The van der Waals surface area contributed by atoms with Gasteiger partial charge in [0.25, 0.3) is 0 Å². The summed E-state index contributed by atoms with van der Waals surface area (Å²) in [6.45, 7) is 1.04. The monoisotopic (exact) mass is 323 g/mol. The van der Waals surface area contributed by atoms with Crippen molar-refractivity contribution >= 4 is 11.7 Å². The average molecular weight is 323 g/mol. The summed E-state index contributed by atoms with van der Waals surface area (Å²) >= 11 is 0. The molecule has 2 amide bonds. The molecule has 3 aromatic rings. The van der Waals surface area contributed by atoms with Gasteiger partial charge in [-0.05, 0) is 42.0 Å². The number of carbonyl (C=O) groups is 1. The van der Waals surface area contributed by atoms with Crippen molar-refractivity contribution in [2.24, 2.45) is 0 Å². The first-order valence-corrected chi connectivity index (χ1v) is 7.69. The van der Waals surface area contributed by atoms with E-state index in [2.05, 4.69) is 10.6 Å². The van der Waals surface area contributed by atoms with Gasteiger partial charge in [0.2, 0.25) is 0 Å². The molecule has 0 fully saturated rings. The molecule has 4 nitrogen and oxygen atoms in total. The predicted octanol–water partition coefficient (Wildman–Crippen LogP) is 4.00. The van der Waals surface area contributed by atoms with Gasteiger partial charge < -0.3 is 15.2 Å². The lowest BCUT2D eigenvalue weighted by molar-refractivity contribution is 0.251. The number of hydrogen-bond acceptors (Lipinski definition) is 1. The van der Waals surface area contributed by atoms with Crippen LogP contribution in [0.3, 0.4) is 0 Å². The molecule has 0 radical (unpaired) electrons. The van der Waals surface area contributed by atoms with E-state index in [4.69, 9.17) is 0 Å². The van der Waals surface area contributed by atoms with Crippen LogP contribution >= 0.6 is 0 Å². The molecule has 0 spiro atoms. The second-order valence-electron chi connectivity index (χ2n) is 5.43. The molecule has 0 bridgehead atoms. The van der Waals surface area contributed by atoms with Gasteiger partial charge in [0.15, 0.2) is 0 Å². The Kier molecular flexibility index (Phi) is 4.91. The minimum absolute atomic E-state index is 0.245. The second kappa shape index (κ2) is 7.46. The SMILES string of the molecule is O=C(NCc1cccn1Cc1ccc(F)cc1)Nc1ccccc1. The van der Waals surface area contributed by atoms with E-state index in [0.717, 1.165) is 16.9 Å². The van der Waals surface area contributed by atoms with Crippen molar-refractivity contribution in [3.8, 4) is 0 Å². The number of nitrogens with one attached hydrogen (secondary N) is 2. The Bertz CT molecular complexity index is 797. The third-order valence-electron chi connectivity index (χ3n) is 3.65. The molecule has 2 aromatic carbocycles. The molecule has 1 heterocycles. The molecular formula is C19H18FN3O. The van der Waals surface area contributed by atoms with Crippen LogP contribution in [0.15, 0.2) is 72.9 Å². The normalized spacial score (nSPS) is 10.4. The lowest BCUT2D eigenvalue weighted by Crippen LogP contribution is -2.29. The van der Waals surface area contributed by atoms with Gasteiger partial charge in [-0.25, -0.2) is 9.18 Å². The molecule has 24 heavy (non-hydrogen) atoms. The summed E-state index contributed by atoms with van der Waals surface area (Å²) in [5, 5.41) is 5.62. The van der Waals surface area contributed by atoms with Crippen molar-refractivity contribution in [1.82, 2.24) is 9.88 Å². The van der Waals surface area contributed by atoms with E-state index in [9.17, 15) is 9.18 Å². The summed E-state index contributed by atoms with van der Waals surface area (Å²) < 4.78 is 15.0. The Morgan fingerprint density at radius 3 is 2.46 bits per heavy atom. The van der Waals surface area contributed by atoms with E-state index < -0.39 is 0 Å². The highest BCUT2D eigenvalue weighted by Gasteiger charge is 2.05. The molecule has 0 aliphatic carbocycles. The van der Waals surface area contributed by atoms with E-state index in [1.54, 1.807) is 12.1 Å². The van der Waals surface area contributed by atoms with Crippen LogP contribution in [-0.2, 0) is 13.1 Å². The van der Waals surface area contributed by atoms with Crippen molar-refractivity contribution in [2.75, 3.05) is 5.32 Å². The van der Waals surface area contributed by atoms with Crippen molar-refractivity contribution in [2.45, 2.75) is 13.1 Å². The molecule has 122 valence electrons. The van der Waals surface area contributed by atoms with Gasteiger partial charge in [-0.2, -0.15) is 0 Å². The molecule has 0 unspecified atom stereocenters. The molecule has 0 aliphatic rings. The largest absolute Gasteiger partial charge is 0.345 e. The maximum Gasteiger partial charge on any atom is 0.319 e. The number of nitrogens with zero attached hydrogens (tertiary/aromatic N) is 1. The maximum absolute atomic E-state index is 13.0. The molecule has 5 heteroatoms.